The number of hydrogen-bond donors (Lipinski definition) is 1. The molecule has 2 nitrogen and oxygen atoms in total. The summed E-state index contributed by atoms with van der Waals surface area (Å²) < 4.78 is 21.1. The SMILES string of the molecule is CC(N)Cc1ccc(Br)cc1Oc1ccc(Br)cc1F. The molecule has 0 aromatic heterocycles. The second kappa shape index (κ2) is 6.70. The molecule has 0 heterocycles. The van der Waals surface area contributed by atoms with E-state index >= 15 is 0 Å². The van der Waals surface area contributed by atoms with Crippen LogP contribution in [0.1, 0.15) is 12.5 Å². The first-order valence-electron chi connectivity index (χ1n) is 6.12. The van der Waals surface area contributed by atoms with E-state index in [2.05, 4.69) is 31.9 Å². The van der Waals surface area contributed by atoms with E-state index in [-0.39, 0.29) is 11.8 Å². The van der Waals surface area contributed by atoms with Crippen LogP contribution in [0.15, 0.2) is 45.3 Å². The summed E-state index contributed by atoms with van der Waals surface area (Å²) in [7, 11) is 0. The van der Waals surface area contributed by atoms with Gasteiger partial charge in [0.25, 0.3) is 0 Å². The fraction of sp³-hybridized carbons (Fsp3) is 0.200. The number of benzene rings is 2. The zero-order valence-corrected chi connectivity index (χ0v) is 14.0. The highest BCUT2D eigenvalue weighted by Crippen LogP contribution is 2.31. The van der Waals surface area contributed by atoms with Gasteiger partial charge < -0.3 is 10.5 Å². The van der Waals surface area contributed by atoms with Gasteiger partial charge in [0.05, 0.1) is 0 Å². The van der Waals surface area contributed by atoms with E-state index in [0.717, 1.165) is 10.0 Å². The van der Waals surface area contributed by atoms with Crippen molar-refractivity contribution in [2.45, 2.75) is 19.4 Å². The van der Waals surface area contributed by atoms with Gasteiger partial charge in [-0.25, -0.2) is 4.39 Å². The average Bonchev–Trinajstić information content (AvgIpc) is 2.35. The van der Waals surface area contributed by atoms with Crippen LogP contribution in [0.3, 0.4) is 0 Å². The van der Waals surface area contributed by atoms with Crippen molar-refractivity contribution in [3.8, 4) is 11.5 Å². The van der Waals surface area contributed by atoms with E-state index < -0.39 is 5.82 Å². The fourth-order valence-corrected chi connectivity index (χ4v) is 2.49. The molecule has 106 valence electrons. The highest BCUT2D eigenvalue weighted by molar-refractivity contribution is 9.10. The smallest absolute Gasteiger partial charge is 0.166 e. The maximum absolute atomic E-state index is 13.8. The van der Waals surface area contributed by atoms with Crippen molar-refractivity contribution in [2.24, 2.45) is 5.73 Å². The molecule has 0 saturated heterocycles. The van der Waals surface area contributed by atoms with Crippen LogP contribution in [-0.4, -0.2) is 6.04 Å². The van der Waals surface area contributed by atoms with E-state index in [0.29, 0.717) is 16.6 Å². The van der Waals surface area contributed by atoms with Crippen LogP contribution in [0.5, 0.6) is 11.5 Å². The van der Waals surface area contributed by atoms with Gasteiger partial charge in [0.15, 0.2) is 11.6 Å². The number of nitrogens with two attached hydrogens (primary N) is 1. The first-order valence-corrected chi connectivity index (χ1v) is 7.71. The molecule has 0 amide bonds. The van der Waals surface area contributed by atoms with Crippen LogP contribution in [0.4, 0.5) is 4.39 Å². The quantitative estimate of drug-likeness (QED) is 0.777. The second-order valence-electron chi connectivity index (χ2n) is 4.61. The topological polar surface area (TPSA) is 35.2 Å². The second-order valence-corrected chi connectivity index (χ2v) is 6.44. The minimum Gasteiger partial charge on any atom is -0.454 e. The molecule has 0 aliphatic heterocycles. The Morgan fingerprint density at radius 3 is 2.40 bits per heavy atom. The molecule has 0 aliphatic rings. The van der Waals surface area contributed by atoms with Crippen molar-refractivity contribution in [1.82, 2.24) is 0 Å². The van der Waals surface area contributed by atoms with Crippen molar-refractivity contribution in [3.05, 3.63) is 56.7 Å². The van der Waals surface area contributed by atoms with Gasteiger partial charge in [0, 0.05) is 15.0 Å². The molecule has 0 saturated carbocycles. The highest BCUT2D eigenvalue weighted by atomic mass is 79.9. The highest BCUT2D eigenvalue weighted by Gasteiger charge is 2.11. The lowest BCUT2D eigenvalue weighted by Gasteiger charge is -2.14. The van der Waals surface area contributed by atoms with Crippen LogP contribution in [-0.2, 0) is 6.42 Å². The van der Waals surface area contributed by atoms with Gasteiger partial charge in [-0.05, 0) is 49.2 Å². The maximum atomic E-state index is 13.8. The molecule has 1 atom stereocenters. The first-order chi connectivity index (χ1) is 9.45. The summed E-state index contributed by atoms with van der Waals surface area (Å²) in [5, 5.41) is 0. The summed E-state index contributed by atoms with van der Waals surface area (Å²) in [4.78, 5) is 0. The van der Waals surface area contributed by atoms with E-state index in [1.165, 1.54) is 6.07 Å². The van der Waals surface area contributed by atoms with Gasteiger partial charge in [-0.3, -0.25) is 0 Å². The molecule has 1 unspecified atom stereocenters. The Morgan fingerprint density at radius 1 is 1.10 bits per heavy atom. The third-order valence-corrected chi connectivity index (χ3v) is 3.67. The van der Waals surface area contributed by atoms with Crippen molar-refractivity contribution in [3.63, 3.8) is 0 Å². The molecule has 0 aliphatic carbocycles. The van der Waals surface area contributed by atoms with Gasteiger partial charge in [-0.2, -0.15) is 0 Å². The summed E-state index contributed by atoms with van der Waals surface area (Å²) in [5.41, 5.74) is 6.78. The Labute approximate surface area is 134 Å². The molecule has 2 aromatic rings. The van der Waals surface area contributed by atoms with Gasteiger partial charge in [0.2, 0.25) is 0 Å². The summed E-state index contributed by atoms with van der Waals surface area (Å²) in [6, 6.07) is 10.4. The van der Waals surface area contributed by atoms with Crippen molar-refractivity contribution >= 4 is 31.9 Å². The molecule has 0 bridgehead atoms. The summed E-state index contributed by atoms with van der Waals surface area (Å²) in [6.07, 6.45) is 0.667. The molecule has 2 rings (SSSR count). The monoisotopic (exact) mass is 401 g/mol. The van der Waals surface area contributed by atoms with E-state index in [9.17, 15) is 4.39 Å². The van der Waals surface area contributed by atoms with Gasteiger partial charge in [-0.15, -0.1) is 0 Å². The summed E-state index contributed by atoms with van der Waals surface area (Å²) in [6.45, 7) is 1.92. The molecule has 2 N–H and O–H groups in total. The van der Waals surface area contributed by atoms with Crippen LogP contribution in [0, 0.1) is 5.82 Å². The Hall–Kier alpha value is -0.910. The lowest BCUT2D eigenvalue weighted by atomic mass is 10.1. The third kappa shape index (κ3) is 4.04. The molecule has 0 spiro atoms. The average molecular weight is 403 g/mol. The Balaban J connectivity index is 2.34. The number of ether oxygens (including phenoxy) is 1. The molecule has 0 fully saturated rings. The fourth-order valence-electron chi connectivity index (χ4n) is 1.82. The van der Waals surface area contributed by atoms with Gasteiger partial charge in [0.1, 0.15) is 5.75 Å². The number of hydrogen-bond acceptors (Lipinski definition) is 2. The summed E-state index contributed by atoms with van der Waals surface area (Å²) in [5.74, 6) is 0.390. The van der Waals surface area contributed by atoms with Crippen molar-refractivity contribution in [1.29, 1.82) is 0 Å². The van der Waals surface area contributed by atoms with Crippen molar-refractivity contribution < 1.29 is 9.13 Å². The molecule has 20 heavy (non-hydrogen) atoms. The molecule has 2 aromatic carbocycles. The Kier molecular flexibility index (Phi) is 5.18. The van der Waals surface area contributed by atoms with Crippen LogP contribution >= 0.6 is 31.9 Å². The Morgan fingerprint density at radius 2 is 1.75 bits per heavy atom. The lowest BCUT2D eigenvalue weighted by molar-refractivity contribution is 0.436. The van der Waals surface area contributed by atoms with Gasteiger partial charge >= 0.3 is 0 Å². The zero-order valence-electron chi connectivity index (χ0n) is 10.9. The maximum Gasteiger partial charge on any atom is 0.166 e. The predicted octanol–water partition coefficient (Wildman–Crippen LogP) is 5.03. The molecular weight excluding hydrogens is 389 g/mol. The number of rotatable bonds is 4. The standard InChI is InChI=1S/C15H14Br2FNO/c1-9(19)6-10-2-3-12(17)8-15(10)20-14-5-4-11(16)7-13(14)18/h2-5,7-9H,6,19H2,1H3. The van der Waals surface area contributed by atoms with E-state index in [4.69, 9.17) is 10.5 Å². The molecule has 0 radical (unpaired) electrons. The third-order valence-electron chi connectivity index (χ3n) is 2.68. The van der Waals surface area contributed by atoms with Gasteiger partial charge in [-0.1, -0.05) is 37.9 Å². The lowest BCUT2D eigenvalue weighted by Crippen LogP contribution is -2.18. The zero-order chi connectivity index (χ0) is 14.7. The van der Waals surface area contributed by atoms with Crippen LogP contribution in [0.25, 0.3) is 0 Å². The predicted molar refractivity (Wildman–Crippen MR) is 85.7 cm³/mol. The minimum absolute atomic E-state index is 0.00768. The minimum atomic E-state index is -0.411. The van der Waals surface area contributed by atoms with E-state index in [1.807, 2.05) is 25.1 Å². The first kappa shape index (κ1) is 15.5. The Bertz CT molecular complexity index is 617. The largest absolute Gasteiger partial charge is 0.454 e. The van der Waals surface area contributed by atoms with E-state index in [1.54, 1.807) is 12.1 Å². The van der Waals surface area contributed by atoms with Crippen molar-refractivity contribution in [2.75, 3.05) is 0 Å². The van der Waals surface area contributed by atoms with Crippen LogP contribution < -0.4 is 10.5 Å². The molecule has 5 heteroatoms. The summed E-state index contributed by atoms with van der Waals surface area (Å²) >= 11 is 6.61. The van der Waals surface area contributed by atoms with Crippen LogP contribution in [0.2, 0.25) is 0 Å². The normalized spacial score (nSPS) is 12.2. The number of halogens is 3. The molecular formula is C15H14Br2FNO.